The fourth-order valence-corrected chi connectivity index (χ4v) is 4.97. The normalized spacial score (nSPS) is 16.8. The van der Waals surface area contributed by atoms with Crippen molar-refractivity contribution < 1.29 is 13.2 Å². The van der Waals surface area contributed by atoms with Gasteiger partial charge in [0.15, 0.2) is 0 Å². The molecule has 1 fully saturated rings. The molecule has 0 spiro atoms. The van der Waals surface area contributed by atoms with Crippen molar-refractivity contribution in [3.05, 3.63) is 29.8 Å². The molecule has 1 saturated heterocycles. The zero-order chi connectivity index (χ0) is 18.4. The number of sulfonamides is 1. The number of nitrogens with zero attached hydrogens (tertiary/aromatic N) is 2. The van der Waals surface area contributed by atoms with Gasteiger partial charge in [0.25, 0.3) is 0 Å². The first-order chi connectivity index (χ1) is 11.9. The van der Waals surface area contributed by atoms with Gasteiger partial charge in [0, 0.05) is 32.1 Å². The van der Waals surface area contributed by atoms with Crippen molar-refractivity contribution in [1.82, 2.24) is 9.21 Å². The van der Waals surface area contributed by atoms with Crippen LogP contribution in [0.1, 0.15) is 45.1 Å². The van der Waals surface area contributed by atoms with Crippen LogP contribution in [-0.2, 0) is 14.8 Å². The van der Waals surface area contributed by atoms with Gasteiger partial charge >= 0.3 is 0 Å². The number of rotatable bonds is 7. The largest absolute Gasteiger partial charge is 0.342 e. The summed E-state index contributed by atoms with van der Waals surface area (Å²) in [5.41, 5.74) is 0.931. The number of carbonyl (C=O) groups is 1. The summed E-state index contributed by atoms with van der Waals surface area (Å²) >= 11 is 0. The van der Waals surface area contributed by atoms with Crippen LogP contribution in [0.2, 0.25) is 0 Å². The highest BCUT2D eigenvalue weighted by Gasteiger charge is 2.33. The predicted octanol–water partition coefficient (Wildman–Crippen LogP) is 3.04. The lowest BCUT2D eigenvalue weighted by atomic mass is 9.96. The van der Waals surface area contributed by atoms with Crippen LogP contribution < -0.4 is 0 Å². The first-order valence-electron chi connectivity index (χ1n) is 9.25. The summed E-state index contributed by atoms with van der Waals surface area (Å²) in [5, 5.41) is 0. The maximum absolute atomic E-state index is 12.8. The Morgan fingerprint density at radius 3 is 2.28 bits per heavy atom. The van der Waals surface area contributed by atoms with Gasteiger partial charge in [-0.15, -0.1) is 0 Å². The Labute approximate surface area is 152 Å². The molecule has 1 amide bonds. The van der Waals surface area contributed by atoms with Crippen LogP contribution in [0.5, 0.6) is 0 Å². The number of benzene rings is 1. The summed E-state index contributed by atoms with van der Waals surface area (Å²) in [6, 6.07) is 7.01. The lowest BCUT2D eigenvalue weighted by molar-refractivity contribution is -0.136. The molecule has 6 heteroatoms. The molecule has 140 valence electrons. The highest BCUT2D eigenvalue weighted by Crippen LogP contribution is 2.25. The number of piperidine rings is 1. The predicted molar refractivity (Wildman–Crippen MR) is 99.8 cm³/mol. The van der Waals surface area contributed by atoms with E-state index in [2.05, 4.69) is 13.8 Å². The van der Waals surface area contributed by atoms with Gasteiger partial charge in [0.2, 0.25) is 15.9 Å². The smallest absolute Gasteiger partial charge is 0.243 e. The van der Waals surface area contributed by atoms with Gasteiger partial charge < -0.3 is 4.90 Å². The Morgan fingerprint density at radius 1 is 1.16 bits per heavy atom. The highest BCUT2D eigenvalue weighted by atomic mass is 32.2. The van der Waals surface area contributed by atoms with Crippen molar-refractivity contribution >= 4 is 15.9 Å². The minimum atomic E-state index is -3.47. The molecule has 1 aliphatic rings. The second-order valence-corrected chi connectivity index (χ2v) is 8.76. The zero-order valence-corrected chi connectivity index (χ0v) is 16.4. The first-order valence-corrected chi connectivity index (χ1v) is 10.7. The number of hydrogen-bond acceptors (Lipinski definition) is 3. The first kappa shape index (κ1) is 19.9. The quantitative estimate of drug-likeness (QED) is 0.745. The van der Waals surface area contributed by atoms with E-state index in [0.717, 1.165) is 31.5 Å². The Morgan fingerprint density at radius 2 is 1.76 bits per heavy atom. The van der Waals surface area contributed by atoms with Crippen molar-refractivity contribution in [2.24, 2.45) is 5.92 Å². The molecule has 0 aromatic heterocycles. The summed E-state index contributed by atoms with van der Waals surface area (Å²) in [6.45, 7) is 8.44. The lowest BCUT2D eigenvalue weighted by Gasteiger charge is -2.33. The number of amides is 1. The fourth-order valence-electron chi connectivity index (χ4n) is 3.40. The Kier molecular flexibility index (Phi) is 7.02. The SMILES string of the molecule is CCCN(CCC)C(=O)C1CCN(S(=O)(=O)c2cccc(C)c2)CC1. The molecule has 0 aliphatic carbocycles. The molecule has 5 nitrogen and oxygen atoms in total. The summed E-state index contributed by atoms with van der Waals surface area (Å²) in [6.07, 6.45) is 3.11. The van der Waals surface area contributed by atoms with E-state index in [1.54, 1.807) is 18.2 Å². The molecule has 25 heavy (non-hydrogen) atoms. The Balaban J connectivity index is 2.02. The van der Waals surface area contributed by atoms with E-state index >= 15 is 0 Å². The number of aryl methyl sites for hydroxylation is 1. The van der Waals surface area contributed by atoms with Gasteiger partial charge in [0.1, 0.15) is 0 Å². The van der Waals surface area contributed by atoms with Crippen molar-refractivity contribution in [2.45, 2.75) is 51.3 Å². The molecular weight excluding hydrogens is 336 g/mol. The van der Waals surface area contributed by atoms with E-state index in [-0.39, 0.29) is 11.8 Å². The van der Waals surface area contributed by atoms with E-state index in [1.807, 2.05) is 17.9 Å². The van der Waals surface area contributed by atoms with Crippen molar-refractivity contribution in [3.8, 4) is 0 Å². The summed E-state index contributed by atoms with van der Waals surface area (Å²) in [4.78, 5) is 15.0. The molecule has 0 radical (unpaired) electrons. The third kappa shape index (κ3) is 4.82. The molecule has 2 rings (SSSR count). The molecule has 0 N–H and O–H groups in total. The summed E-state index contributed by atoms with van der Waals surface area (Å²) in [7, 11) is -3.47. The van der Waals surface area contributed by atoms with Crippen LogP contribution in [0.25, 0.3) is 0 Å². The van der Waals surface area contributed by atoms with Crippen LogP contribution in [0.15, 0.2) is 29.2 Å². The minimum Gasteiger partial charge on any atom is -0.342 e. The molecule has 0 unspecified atom stereocenters. The monoisotopic (exact) mass is 366 g/mol. The molecular formula is C19H30N2O3S. The van der Waals surface area contributed by atoms with Crippen LogP contribution in [-0.4, -0.2) is 49.7 Å². The molecule has 1 aliphatic heterocycles. The fraction of sp³-hybridized carbons (Fsp3) is 0.632. The standard InChI is InChI=1S/C19H30N2O3S/c1-4-11-20(12-5-2)19(22)17-9-13-21(14-10-17)25(23,24)18-8-6-7-16(3)15-18/h6-8,15,17H,4-5,9-14H2,1-3H3. The molecule has 1 aromatic carbocycles. The second-order valence-electron chi connectivity index (χ2n) is 6.82. The maximum Gasteiger partial charge on any atom is 0.243 e. The van der Waals surface area contributed by atoms with Crippen LogP contribution >= 0.6 is 0 Å². The average molecular weight is 367 g/mol. The molecule has 1 aromatic rings. The number of hydrogen-bond donors (Lipinski definition) is 0. The van der Waals surface area contributed by atoms with Gasteiger partial charge in [0.05, 0.1) is 4.90 Å². The third-order valence-electron chi connectivity index (χ3n) is 4.73. The van der Waals surface area contributed by atoms with E-state index in [9.17, 15) is 13.2 Å². The van der Waals surface area contributed by atoms with Gasteiger partial charge in [-0.05, 0) is 50.3 Å². The van der Waals surface area contributed by atoms with Crippen LogP contribution in [0.3, 0.4) is 0 Å². The van der Waals surface area contributed by atoms with E-state index in [1.165, 1.54) is 4.31 Å². The topological polar surface area (TPSA) is 57.7 Å². The number of carbonyl (C=O) groups excluding carboxylic acids is 1. The summed E-state index contributed by atoms with van der Waals surface area (Å²) in [5.74, 6) is 0.137. The highest BCUT2D eigenvalue weighted by molar-refractivity contribution is 7.89. The van der Waals surface area contributed by atoms with Crippen molar-refractivity contribution in [3.63, 3.8) is 0 Å². The Hall–Kier alpha value is -1.40. The van der Waals surface area contributed by atoms with Crippen molar-refractivity contribution in [2.75, 3.05) is 26.2 Å². The molecule has 0 saturated carbocycles. The van der Waals surface area contributed by atoms with Crippen LogP contribution in [0.4, 0.5) is 0 Å². The zero-order valence-electron chi connectivity index (χ0n) is 15.6. The summed E-state index contributed by atoms with van der Waals surface area (Å²) < 4.78 is 27.1. The van der Waals surface area contributed by atoms with Crippen LogP contribution in [0, 0.1) is 12.8 Å². The third-order valence-corrected chi connectivity index (χ3v) is 6.62. The van der Waals surface area contributed by atoms with E-state index in [0.29, 0.717) is 30.8 Å². The minimum absolute atomic E-state index is 0.0536. The average Bonchev–Trinajstić information content (AvgIpc) is 2.61. The van der Waals surface area contributed by atoms with Crippen molar-refractivity contribution in [1.29, 1.82) is 0 Å². The molecule has 1 heterocycles. The maximum atomic E-state index is 12.8. The molecule has 0 atom stereocenters. The second kappa shape index (κ2) is 8.81. The van der Waals surface area contributed by atoms with E-state index < -0.39 is 10.0 Å². The Bertz CT molecular complexity index is 674. The van der Waals surface area contributed by atoms with Gasteiger partial charge in [-0.25, -0.2) is 8.42 Å². The van der Waals surface area contributed by atoms with Gasteiger partial charge in [-0.2, -0.15) is 4.31 Å². The molecule has 0 bridgehead atoms. The van der Waals surface area contributed by atoms with E-state index in [4.69, 9.17) is 0 Å². The van der Waals surface area contributed by atoms with Gasteiger partial charge in [-0.1, -0.05) is 26.0 Å². The van der Waals surface area contributed by atoms with Gasteiger partial charge in [-0.3, -0.25) is 4.79 Å². The lowest BCUT2D eigenvalue weighted by Crippen LogP contribution is -2.44.